The average molecular weight is 411 g/mol. The molecular formula is C19H24Cl2N4O2. The van der Waals surface area contributed by atoms with E-state index < -0.39 is 0 Å². The largest absolute Gasteiger partial charge is 0.458 e. The van der Waals surface area contributed by atoms with Crippen LogP contribution in [0.2, 0.25) is 0 Å². The molecule has 1 aromatic carbocycles. The van der Waals surface area contributed by atoms with Crippen molar-refractivity contribution in [3.8, 4) is 0 Å². The van der Waals surface area contributed by atoms with Crippen LogP contribution in [0.15, 0.2) is 48.2 Å². The summed E-state index contributed by atoms with van der Waals surface area (Å²) in [7, 11) is 0. The number of aromatic nitrogens is 2. The lowest BCUT2D eigenvalue weighted by Gasteiger charge is -2.26. The second kappa shape index (κ2) is 10.9. The van der Waals surface area contributed by atoms with Crippen LogP contribution in [0.25, 0.3) is 0 Å². The van der Waals surface area contributed by atoms with Crippen LogP contribution in [0, 0.1) is 6.92 Å². The third-order valence-corrected chi connectivity index (χ3v) is 4.20. The maximum absolute atomic E-state index is 12.0. The summed E-state index contributed by atoms with van der Waals surface area (Å²) in [4.78, 5) is 22.6. The van der Waals surface area contributed by atoms with Crippen molar-refractivity contribution < 1.29 is 9.53 Å². The fraction of sp³-hybridized carbons (Fsp3) is 0.316. The molecular weight excluding hydrogens is 387 g/mol. The number of hydrogen-bond acceptors (Lipinski definition) is 6. The van der Waals surface area contributed by atoms with Crippen LogP contribution in [0.4, 0.5) is 5.82 Å². The topological polar surface area (TPSA) is 81.3 Å². The molecule has 2 aromatic rings. The summed E-state index contributed by atoms with van der Waals surface area (Å²) in [5, 5.41) is 0. The van der Waals surface area contributed by atoms with Gasteiger partial charge in [0.25, 0.3) is 0 Å². The first kappa shape index (κ1) is 22.9. The first-order chi connectivity index (χ1) is 12.1. The Morgan fingerprint density at radius 2 is 2.00 bits per heavy atom. The minimum absolute atomic E-state index is 0. The van der Waals surface area contributed by atoms with Gasteiger partial charge in [0, 0.05) is 31.4 Å². The van der Waals surface area contributed by atoms with Crippen molar-refractivity contribution in [3.63, 3.8) is 0 Å². The smallest absolute Gasteiger partial charge is 0.338 e. The molecule has 27 heavy (non-hydrogen) atoms. The summed E-state index contributed by atoms with van der Waals surface area (Å²) in [5.41, 5.74) is 8.62. The van der Waals surface area contributed by atoms with E-state index in [2.05, 4.69) is 20.9 Å². The van der Waals surface area contributed by atoms with Crippen LogP contribution < -0.4 is 5.73 Å². The highest BCUT2D eigenvalue weighted by atomic mass is 35.5. The standard InChI is InChI=1S/C19H22N4O2.2ClH/c1-14-21-11-17(18(20)22-14)12-23-9-7-15(8-10-23)13-25-19(24)16-5-3-2-4-6-16;;/h2-7,11H,8-10,12-13H2,1H3,(H2,20,21,22);2*1H. The first-order valence-corrected chi connectivity index (χ1v) is 8.32. The Hall–Kier alpha value is -2.15. The normalized spacial score (nSPS) is 13.7. The van der Waals surface area contributed by atoms with Crippen LogP contribution in [0.5, 0.6) is 0 Å². The molecule has 0 amide bonds. The van der Waals surface area contributed by atoms with Crippen LogP contribution in [0.1, 0.15) is 28.2 Å². The lowest BCUT2D eigenvalue weighted by atomic mass is 10.1. The van der Waals surface area contributed by atoms with Crippen LogP contribution >= 0.6 is 24.8 Å². The van der Waals surface area contributed by atoms with Crippen molar-refractivity contribution in [2.24, 2.45) is 0 Å². The van der Waals surface area contributed by atoms with Gasteiger partial charge in [0.1, 0.15) is 18.2 Å². The van der Waals surface area contributed by atoms with Crippen LogP contribution in [0.3, 0.4) is 0 Å². The molecule has 0 unspecified atom stereocenters. The molecule has 6 nitrogen and oxygen atoms in total. The number of ether oxygens (including phenoxy) is 1. The van der Waals surface area contributed by atoms with Crippen molar-refractivity contribution >= 4 is 36.6 Å². The molecule has 146 valence electrons. The summed E-state index contributed by atoms with van der Waals surface area (Å²) < 4.78 is 5.39. The lowest BCUT2D eigenvalue weighted by Crippen LogP contribution is -2.29. The summed E-state index contributed by atoms with van der Waals surface area (Å²) in [6.07, 6.45) is 4.78. The molecule has 2 heterocycles. The van der Waals surface area contributed by atoms with Gasteiger partial charge in [-0.25, -0.2) is 14.8 Å². The highest BCUT2D eigenvalue weighted by Crippen LogP contribution is 2.17. The molecule has 1 aromatic heterocycles. The number of halogens is 2. The van der Waals surface area contributed by atoms with E-state index in [1.165, 1.54) is 0 Å². The van der Waals surface area contributed by atoms with Crippen molar-refractivity contribution in [2.75, 3.05) is 25.4 Å². The molecule has 0 saturated carbocycles. The van der Waals surface area contributed by atoms with Crippen molar-refractivity contribution in [3.05, 3.63) is 65.1 Å². The van der Waals surface area contributed by atoms with Gasteiger partial charge in [-0.3, -0.25) is 4.90 Å². The van der Waals surface area contributed by atoms with Gasteiger partial charge in [0.05, 0.1) is 5.56 Å². The van der Waals surface area contributed by atoms with Gasteiger partial charge in [0.2, 0.25) is 0 Å². The fourth-order valence-corrected chi connectivity index (χ4v) is 2.72. The van der Waals surface area contributed by atoms with E-state index in [0.717, 1.165) is 37.2 Å². The molecule has 0 fully saturated rings. The first-order valence-electron chi connectivity index (χ1n) is 8.32. The molecule has 0 atom stereocenters. The summed E-state index contributed by atoms with van der Waals surface area (Å²) >= 11 is 0. The number of hydrogen-bond donors (Lipinski definition) is 1. The van der Waals surface area contributed by atoms with Crippen LogP contribution in [-0.4, -0.2) is 40.5 Å². The fourth-order valence-electron chi connectivity index (χ4n) is 2.72. The predicted molar refractivity (Wildman–Crippen MR) is 110 cm³/mol. The number of nitrogens with zero attached hydrogens (tertiary/aromatic N) is 3. The van der Waals surface area contributed by atoms with Crippen molar-refractivity contribution in [1.82, 2.24) is 14.9 Å². The number of rotatable bonds is 5. The lowest BCUT2D eigenvalue weighted by molar-refractivity contribution is 0.0533. The number of nitrogens with two attached hydrogens (primary N) is 1. The molecule has 0 bridgehead atoms. The Balaban J connectivity index is 0.00000182. The summed E-state index contributed by atoms with van der Waals surface area (Å²) in [6, 6.07) is 9.05. The number of aryl methyl sites for hydroxylation is 1. The maximum Gasteiger partial charge on any atom is 0.338 e. The Morgan fingerprint density at radius 3 is 2.63 bits per heavy atom. The zero-order valence-electron chi connectivity index (χ0n) is 15.1. The third-order valence-electron chi connectivity index (χ3n) is 4.20. The highest BCUT2D eigenvalue weighted by molar-refractivity contribution is 5.89. The Bertz CT molecular complexity index is 785. The predicted octanol–water partition coefficient (Wildman–Crippen LogP) is 3.20. The van der Waals surface area contributed by atoms with Gasteiger partial charge in [-0.05, 0) is 31.1 Å². The summed E-state index contributed by atoms with van der Waals surface area (Å²) in [5.74, 6) is 0.940. The number of carbonyl (C=O) groups is 1. The van der Waals surface area contributed by atoms with E-state index in [1.807, 2.05) is 25.1 Å². The molecule has 1 aliphatic rings. The minimum Gasteiger partial charge on any atom is -0.458 e. The highest BCUT2D eigenvalue weighted by Gasteiger charge is 2.15. The summed E-state index contributed by atoms with van der Waals surface area (Å²) in [6.45, 7) is 4.58. The number of carbonyl (C=O) groups excluding carboxylic acids is 1. The van der Waals surface area contributed by atoms with E-state index >= 15 is 0 Å². The monoisotopic (exact) mass is 410 g/mol. The van der Waals surface area contributed by atoms with E-state index in [-0.39, 0.29) is 30.8 Å². The zero-order chi connectivity index (χ0) is 17.6. The van der Waals surface area contributed by atoms with E-state index in [4.69, 9.17) is 10.5 Å². The average Bonchev–Trinajstić information content (AvgIpc) is 2.64. The van der Waals surface area contributed by atoms with Gasteiger partial charge in [-0.2, -0.15) is 0 Å². The van der Waals surface area contributed by atoms with Crippen molar-refractivity contribution in [1.29, 1.82) is 0 Å². The van der Waals surface area contributed by atoms with Gasteiger partial charge < -0.3 is 10.5 Å². The molecule has 0 radical (unpaired) electrons. The molecule has 8 heteroatoms. The third kappa shape index (κ3) is 6.50. The molecule has 0 aliphatic carbocycles. The van der Waals surface area contributed by atoms with E-state index in [9.17, 15) is 4.79 Å². The van der Waals surface area contributed by atoms with E-state index in [1.54, 1.807) is 18.3 Å². The van der Waals surface area contributed by atoms with Crippen LogP contribution in [-0.2, 0) is 11.3 Å². The Labute approximate surface area is 171 Å². The molecule has 3 rings (SSSR count). The molecule has 1 aliphatic heterocycles. The number of benzene rings is 1. The minimum atomic E-state index is -0.284. The maximum atomic E-state index is 12.0. The molecule has 0 spiro atoms. The van der Waals surface area contributed by atoms with Gasteiger partial charge in [-0.15, -0.1) is 24.8 Å². The van der Waals surface area contributed by atoms with E-state index in [0.29, 0.717) is 23.8 Å². The SMILES string of the molecule is Cc1ncc(CN2CC=C(COC(=O)c3ccccc3)CC2)c(N)n1.Cl.Cl. The Morgan fingerprint density at radius 1 is 1.26 bits per heavy atom. The van der Waals surface area contributed by atoms with Crippen molar-refractivity contribution in [2.45, 2.75) is 19.9 Å². The van der Waals surface area contributed by atoms with Gasteiger partial charge in [-0.1, -0.05) is 24.3 Å². The van der Waals surface area contributed by atoms with Gasteiger partial charge in [0.15, 0.2) is 0 Å². The molecule has 0 saturated heterocycles. The second-order valence-corrected chi connectivity index (χ2v) is 6.12. The second-order valence-electron chi connectivity index (χ2n) is 6.12. The van der Waals surface area contributed by atoms with Gasteiger partial charge >= 0.3 is 5.97 Å². The zero-order valence-corrected chi connectivity index (χ0v) is 16.8. The quantitative estimate of drug-likeness (QED) is 0.601. The number of nitrogen functional groups attached to an aromatic ring is 1. The Kier molecular flexibility index (Phi) is 9.21. The number of esters is 1. The molecule has 2 N–H and O–H groups in total. The number of anilines is 1.